The van der Waals surface area contributed by atoms with Crippen LogP contribution in [0.15, 0.2) is 36.4 Å². The van der Waals surface area contributed by atoms with Crippen molar-refractivity contribution in [3.8, 4) is 0 Å². The molecule has 0 N–H and O–H groups in total. The van der Waals surface area contributed by atoms with E-state index in [0.717, 1.165) is 18.7 Å². The van der Waals surface area contributed by atoms with Gasteiger partial charge in [-0.25, -0.2) is 9.97 Å². The molecule has 1 heterocycles. The minimum Gasteiger partial charge on any atom is -0.238 e. The van der Waals surface area contributed by atoms with Crippen LogP contribution in [0.1, 0.15) is 54.7 Å². The van der Waals surface area contributed by atoms with E-state index in [1.165, 1.54) is 38.9 Å². The molecule has 3 aromatic rings. The summed E-state index contributed by atoms with van der Waals surface area (Å²) >= 11 is 0. The van der Waals surface area contributed by atoms with Gasteiger partial charge in [0.2, 0.25) is 0 Å². The molecule has 0 saturated carbocycles. The van der Waals surface area contributed by atoms with Gasteiger partial charge in [-0.05, 0) is 28.8 Å². The van der Waals surface area contributed by atoms with Crippen LogP contribution in [-0.2, 0) is 18.3 Å². The van der Waals surface area contributed by atoms with E-state index in [1.807, 2.05) is 6.92 Å². The van der Waals surface area contributed by atoms with Gasteiger partial charge in [0.25, 0.3) is 0 Å². The average molecular weight is 302 g/mol. The molecule has 2 aromatic carbocycles. The predicted octanol–water partition coefficient (Wildman–Crippen LogP) is 4.73. The van der Waals surface area contributed by atoms with E-state index in [4.69, 9.17) is 9.97 Å². The molecule has 0 radical (unpaired) electrons. The first-order valence-corrected chi connectivity index (χ1v) is 8.30. The quantitative estimate of drug-likeness (QED) is 0.469. The Kier molecular flexibility index (Phi) is 3.06. The van der Waals surface area contributed by atoms with Gasteiger partial charge in [0.05, 0.1) is 11.4 Å². The highest BCUT2D eigenvalue weighted by Crippen LogP contribution is 2.36. The van der Waals surface area contributed by atoms with Crippen LogP contribution in [0.5, 0.6) is 0 Å². The zero-order chi connectivity index (χ0) is 16.2. The van der Waals surface area contributed by atoms with Crippen molar-refractivity contribution in [2.45, 2.75) is 46.0 Å². The third-order valence-electron chi connectivity index (χ3n) is 4.76. The molecular formula is C21H22N2. The molecule has 0 bridgehead atoms. The number of rotatable bonds is 0. The molecule has 2 heteroatoms. The molecule has 0 aliphatic heterocycles. The van der Waals surface area contributed by atoms with Crippen LogP contribution in [0.4, 0.5) is 0 Å². The monoisotopic (exact) mass is 302 g/mol. The van der Waals surface area contributed by atoms with Crippen LogP contribution in [-0.4, -0.2) is 9.97 Å². The van der Waals surface area contributed by atoms with E-state index in [1.54, 1.807) is 0 Å². The number of aryl methyl sites for hydroxylation is 1. The fourth-order valence-corrected chi connectivity index (χ4v) is 3.72. The fraction of sp³-hybridized carbons (Fsp3) is 0.333. The highest BCUT2D eigenvalue weighted by Gasteiger charge is 2.27. The Hall–Kier alpha value is -2.22. The maximum absolute atomic E-state index is 4.80. The molecule has 23 heavy (non-hydrogen) atoms. The van der Waals surface area contributed by atoms with Crippen molar-refractivity contribution in [2.75, 3.05) is 0 Å². The molecule has 0 amide bonds. The molecular weight excluding hydrogens is 280 g/mol. The molecule has 1 aliphatic carbocycles. The highest BCUT2D eigenvalue weighted by molar-refractivity contribution is 5.87. The molecule has 116 valence electrons. The first kappa shape index (κ1) is 14.4. The Bertz CT molecular complexity index is 917. The van der Waals surface area contributed by atoms with Gasteiger partial charge in [-0.1, -0.05) is 57.2 Å². The molecule has 0 saturated heterocycles. The lowest BCUT2D eigenvalue weighted by molar-refractivity contribution is 0.553. The van der Waals surface area contributed by atoms with E-state index in [2.05, 4.69) is 57.2 Å². The smallest absolute Gasteiger partial charge is 0.125 e. The maximum Gasteiger partial charge on any atom is 0.125 e. The van der Waals surface area contributed by atoms with E-state index >= 15 is 0 Å². The van der Waals surface area contributed by atoms with Gasteiger partial charge in [0, 0.05) is 23.8 Å². The minimum absolute atomic E-state index is 0.0415. The van der Waals surface area contributed by atoms with Gasteiger partial charge >= 0.3 is 0 Å². The number of benzene rings is 2. The summed E-state index contributed by atoms with van der Waals surface area (Å²) in [5.74, 6) is 0.887. The SMILES string of the molecule is Cc1nc2c(c(C(C)(C)C)n1)Cc1c(ccc3ccccc13)C2. The Balaban J connectivity index is 1.96. The molecule has 2 nitrogen and oxygen atoms in total. The zero-order valence-corrected chi connectivity index (χ0v) is 14.3. The summed E-state index contributed by atoms with van der Waals surface area (Å²) in [5, 5.41) is 2.69. The summed E-state index contributed by atoms with van der Waals surface area (Å²) in [4.78, 5) is 9.56. The maximum atomic E-state index is 4.80. The summed E-state index contributed by atoms with van der Waals surface area (Å²) in [5.41, 5.74) is 6.67. The van der Waals surface area contributed by atoms with Crippen LogP contribution in [0, 0.1) is 6.92 Å². The minimum atomic E-state index is 0.0415. The Morgan fingerprint density at radius 1 is 0.870 bits per heavy atom. The van der Waals surface area contributed by atoms with Gasteiger partial charge in [-0.15, -0.1) is 0 Å². The van der Waals surface area contributed by atoms with Gasteiger partial charge in [-0.3, -0.25) is 0 Å². The number of hydrogen-bond donors (Lipinski definition) is 0. The van der Waals surface area contributed by atoms with E-state index in [-0.39, 0.29) is 5.41 Å². The second-order valence-electron chi connectivity index (χ2n) is 7.57. The first-order chi connectivity index (χ1) is 10.9. The predicted molar refractivity (Wildman–Crippen MR) is 95.0 cm³/mol. The zero-order valence-electron chi connectivity index (χ0n) is 14.3. The summed E-state index contributed by atoms with van der Waals surface area (Å²) in [7, 11) is 0. The van der Waals surface area contributed by atoms with Crippen molar-refractivity contribution in [2.24, 2.45) is 0 Å². The Morgan fingerprint density at radius 3 is 2.43 bits per heavy atom. The molecule has 0 atom stereocenters. The van der Waals surface area contributed by atoms with Gasteiger partial charge in [-0.2, -0.15) is 0 Å². The number of hydrogen-bond acceptors (Lipinski definition) is 2. The van der Waals surface area contributed by atoms with Gasteiger partial charge in [0.15, 0.2) is 0 Å². The number of aromatic nitrogens is 2. The fourth-order valence-electron chi connectivity index (χ4n) is 3.72. The van der Waals surface area contributed by atoms with E-state index < -0.39 is 0 Å². The van der Waals surface area contributed by atoms with Crippen LogP contribution >= 0.6 is 0 Å². The average Bonchev–Trinajstić information content (AvgIpc) is 2.51. The summed E-state index contributed by atoms with van der Waals surface area (Å²) < 4.78 is 0. The van der Waals surface area contributed by atoms with Crippen LogP contribution in [0.3, 0.4) is 0 Å². The number of nitrogens with zero attached hydrogens (tertiary/aromatic N) is 2. The topological polar surface area (TPSA) is 25.8 Å². The molecule has 1 aliphatic rings. The van der Waals surface area contributed by atoms with Crippen molar-refractivity contribution < 1.29 is 0 Å². The molecule has 0 unspecified atom stereocenters. The summed E-state index contributed by atoms with van der Waals surface area (Å²) in [6, 6.07) is 13.2. The van der Waals surface area contributed by atoms with Crippen molar-refractivity contribution in [3.05, 3.63) is 70.3 Å². The standard InChI is InChI=1S/C21H22N2/c1-13-22-19-11-15-10-9-14-7-5-6-8-16(14)17(15)12-18(19)20(23-13)21(2,3)4/h5-10H,11-12H2,1-4H3. The summed E-state index contributed by atoms with van der Waals surface area (Å²) in [6.45, 7) is 8.74. The van der Waals surface area contributed by atoms with Crippen LogP contribution in [0.25, 0.3) is 10.8 Å². The van der Waals surface area contributed by atoms with Gasteiger partial charge in [0.1, 0.15) is 5.82 Å². The normalized spacial score (nSPS) is 13.7. The second-order valence-corrected chi connectivity index (χ2v) is 7.57. The van der Waals surface area contributed by atoms with Crippen molar-refractivity contribution in [1.29, 1.82) is 0 Å². The summed E-state index contributed by atoms with van der Waals surface area (Å²) in [6.07, 6.45) is 1.86. The Labute approximate surface area is 137 Å². The van der Waals surface area contributed by atoms with Crippen LogP contribution in [0.2, 0.25) is 0 Å². The molecule has 4 rings (SSSR count). The molecule has 1 aromatic heterocycles. The molecule has 0 spiro atoms. The lowest BCUT2D eigenvalue weighted by Gasteiger charge is -2.28. The van der Waals surface area contributed by atoms with E-state index in [9.17, 15) is 0 Å². The van der Waals surface area contributed by atoms with Crippen molar-refractivity contribution >= 4 is 10.8 Å². The van der Waals surface area contributed by atoms with Crippen LogP contribution < -0.4 is 0 Å². The van der Waals surface area contributed by atoms with Crippen molar-refractivity contribution in [3.63, 3.8) is 0 Å². The second kappa shape index (κ2) is 4.89. The molecule has 0 fully saturated rings. The largest absolute Gasteiger partial charge is 0.238 e. The lowest BCUT2D eigenvalue weighted by atomic mass is 9.80. The van der Waals surface area contributed by atoms with Crippen molar-refractivity contribution in [1.82, 2.24) is 9.97 Å². The Morgan fingerprint density at radius 2 is 1.65 bits per heavy atom. The third-order valence-corrected chi connectivity index (χ3v) is 4.76. The first-order valence-electron chi connectivity index (χ1n) is 8.30. The van der Waals surface area contributed by atoms with Gasteiger partial charge < -0.3 is 0 Å². The van der Waals surface area contributed by atoms with E-state index in [0.29, 0.717) is 0 Å². The third kappa shape index (κ3) is 2.33. The highest BCUT2D eigenvalue weighted by atomic mass is 14.9. The number of fused-ring (bicyclic) bond motifs is 4. The lowest BCUT2D eigenvalue weighted by Crippen LogP contribution is -2.23.